The van der Waals surface area contributed by atoms with Gasteiger partial charge in [-0.3, -0.25) is 4.79 Å². The summed E-state index contributed by atoms with van der Waals surface area (Å²) < 4.78 is 16.6. The lowest BCUT2D eigenvalue weighted by Gasteiger charge is -2.08. The first-order chi connectivity index (χ1) is 13.3. The Kier molecular flexibility index (Phi) is 8.81. The molecule has 0 saturated carbocycles. The van der Waals surface area contributed by atoms with Gasteiger partial charge in [-0.25, -0.2) is 0 Å². The monoisotopic (exact) mass is 404 g/mol. The molecule has 2 aromatic carbocycles. The van der Waals surface area contributed by atoms with Crippen LogP contribution in [0.25, 0.3) is 11.0 Å². The second-order valence-corrected chi connectivity index (χ2v) is 6.01. The fourth-order valence-corrected chi connectivity index (χ4v) is 2.74. The van der Waals surface area contributed by atoms with E-state index in [4.69, 9.17) is 13.9 Å². The molecule has 0 saturated heterocycles. The molecule has 2 N–H and O–H groups in total. The standard InChI is InChI=1S/C21H24N2O4.ClH/c1-25-14-13-22-11-12-23-21(24)20-18(15-26-16-7-3-2-4-8-16)17-9-5-6-10-19(17)27-20;/h2-10,22H,11-15H2,1H3,(H,23,24);1H. The molecule has 0 radical (unpaired) electrons. The van der Waals surface area contributed by atoms with Crippen LogP contribution in [0, 0.1) is 0 Å². The summed E-state index contributed by atoms with van der Waals surface area (Å²) in [6.07, 6.45) is 0. The molecule has 0 atom stereocenters. The molecule has 3 rings (SSSR count). The Labute approximate surface area is 170 Å². The summed E-state index contributed by atoms with van der Waals surface area (Å²) >= 11 is 0. The van der Waals surface area contributed by atoms with E-state index in [1.165, 1.54) is 0 Å². The van der Waals surface area contributed by atoms with Crippen molar-refractivity contribution in [3.63, 3.8) is 0 Å². The van der Waals surface area contributed by atoms with E-state index in [1.54, 1.807) is 7.11 Å². The summed E-state index contributed by atoms with van der Waals surface area (Å²) in [4.78, 5) is 12.6. The van der Waals surface area contributed by atoms with Crippen molar-refractivity contribution in [1.82, 2.24) is 10.6 Å². The van der Waals surface area contributed by atoms with E-state index >= 15 is 0 Å². The topological polar surface area (TPSA) is 72.7 Å². The third-order valence-electron chi connectivity index (χ3n) is 4.10. The SMILES string of the molecule is COCCNCCNC(=O)c1oc2ccccc2c1COc1ccccc1.Cl. The highest BCUT2D eigenvalue weighted by Gasteiger charge is 2.20. The van der Waals surface area contributed by atoms with Gasteiger partial charge in [0.05, 0.1) is 6.61 Å². The highest BCUT2D eigenvalue weighted by molar-refractivity contribution is 5.99. The zero-order chi connectivity index (χ0) is 18.9. The molecule has 28 heavy (non-hydrogen) atoms. The Hall–Kier alpha value is -2.54. The predicted octanol–water partition coefficient (Wildman–Crippen LogP) is 3.40. The van der Waals surface area contributed by atoms with Crippen LogP contribution in [-0.4, -0.2) is 39.3 Å². The van der Waals surface area contributed by atoms with Gasteiger partial charge in [0, 0.05) is 37.7 Å². The van der Waals surface area contributed by atoms with Crippen LogP contribution in [0.2, 0.25) is 0 Å². The number of halogens is 1. The molecule has 7 heteroatoms. The lowest BCUT2D eigenvalue weighted by Crippen LogP contribution is -2.33. The van der Waals surface area contributed by atoms with Crippen LogP contribution < -0.4 is 15.4 Å². The van der Waals surface area contributed by atoms with Gasteiger partial charge in [-0.2, -0.15) is 0 Å². The number of hydrogen-bond donors (Lipinski definition) is 2. The van der Waals surface area contributed by atoms with Crippen LogP contribution in [0.4, 0.5) is 0 Å². The third kappa shape index (κ3) is 5.73. The number of carbonyl (C=O) groups excluding carboxylic acids is 1. The quantitative estimate of drug-likeness (QED) is 0.507. The lowest BCUT2D eigenvalue weighted by atomic mass is 10.1. The van der Waals surface area contributed by atoms with Crippen LogP contribution in [-0.2, 0) is 11.3 Å². The molecule has 0 spiro atoms. The van der Waals surface area contributed by atoms with Crippen molar-refractivity contribution in [2.45, 2.75) is 6.61 Å². The second kappa shape index (κ2) is 11.3. The minimum Gasteiger partial charge on any atom is -0.489 e. The number of ether oxygens (including phenoxy) is 2. The largest absolute Gasteiger partial charge is 0.489 e. The first kappa shape index (κ1) is 21.8. The van der Waals surface area contributed by atoms with Gasteiger partial charge < -0.3 is 24.5 Å². The Morgan fingerprint density at radius 1 is 1.00 bits per heavy atom. The van der Waals surface area contributed by atoms with E-state index in [1.807, 2.05) is 54.6 Å². The van der Waals surface area contributed by atoms with Crippen LogP contribution >= 0.6 is 12.4 Å². The molecule has 0 unspecified atom stereocenters. The zero-order valence-corrected chi connectivity index (χ0v) is 16.6. The number of benzene rings is 2. The zero-order valence-electron chi connectivity index (χ0n) is 15.8. The van der Waals surface area contributed by atoms with E-state index < -0.39 is 0 Å². The molecule has 0 aliphatic rings. The van der Waals surface area contributed by atoms with E-state index in [0.717, 1.165) is 23.2 Å². The predicted molar refractivity (Wildman–Crippen MR) is 111 cm³/mol. The molecular weight excluding hydrogens is 380 g/mol. The molecule has 3 aromatic rings. The Morgan fingerprint density at radius 3 is 2.54 bits per heavy atom. The van der Waals surface area contributed by atoms with Crippen molar-refractivity contribution in [3.8, 4) is 5.75 Å². The third-order valence-corrected chi connectivity index (χ3v) is 4.10. The summed E-state index contributed by atoms with van der Waals surface area (Å²) in [6, 6.07) is 17.1. The van der Waals surface area contributed by atoms with Crippen LogP contribution in [0.5, 0.6) is 5.75 Å². The minimum absolute atomic E-state index is 0. The number of amides is 1. The normalized spacial score (nSPS) is 10.5. The lowest BCUT2D eigenvalue weighted by molar-refractivity contribution is 0.0924. The molecule has 0 aliphatic heterocycles. The maximum atomic E-state index is 12.6. The number of nitrogens with one attached hydrogen (secondary N) is 2. The number of methoxy groups -OCH3 is 1. The van der Waals surface area contributed by atoms with Gasteiger partial charge in [0.15, 0.2) is 5.76 Å². The van der Waals surface area contributed by atoms with E-state index in [0.29, 0.717) is 31.0 Å². The maximum Gasteiger partial charge on any atom is 0.287 e. The number of para-hydroxylation sites is 2. The van der Waals surface area contributed by atoms with Gasteiger partial charge >= 0.3 is 0 Å². The van der Waals surface area contributed by atoms with Gasteiger partial charge in [-0.1, -0.05) is 36.4 Å². The van der Waals surface area contributed by atoms with E-state index in [-0.39, 0.29) is 24.9 Å². The summed E-state index contributed by atoms with van der Waals surface area (Å²) in [6.45, 7) is 2.80. The summed E-state index contributed by atoms with van der Waals surface area (Å²) in [5.41, 5.74) is 1.42. The molecular formula is C21H25ClN2O4. The maximum absolute atomic E-state index is 12.6. The Bertz CT molecular complexity index is 867. The average Bonchev–Trinajstić information content (AvgIpc) is 3.08. The highest BCUT2D eigenvalue weighted by Crippen LogP contribution is 2.27. The van der Waals surface area contributed by atoms with Gasteiger partial charge in [0.2, 0.25) is 0 Å². The van der Waals surface area contributed by atoms with Gasteiger partial charge in [0.25, 0.3) is 5.91 Å². The first-order valence-corrected chi connectivity index (χ1v) is 8.95. The van der Waals surface area contributed by atoms with Crippen molar-refractivity contribution in [2.24, 2.45) is 0 Å². The van der Waals surface area contributed by atoms with Crippen molar-refractivity contribution in [3.05, 3.63) is 65.9 Å². The fraction of sp³-hybridized carbons (Fsp3) is 0.286. The van der Waals surface area contributed by atoms with Crippen LogP contribution in [0.1, 0.15) is 16.1 Å². The summed E-state index contributed by atoms with van der Waals surface area (Å²) in [5, 5.41) is 6.96. The van der Waals surface area contributed by atoms with Crippen LogP contribution in [0.3, 0.4) is 0 Å². The Morgan fingerprint density at radius 2 is 1.75 bits per heavy atom. The Balaban J connectivity index is 0.00000280. The molecule has 6 nitrogen and oxygen atoms in total. The fourth-order valence-electron chi connectivity index (χ4n) is 2.74. The number of hydrogen-bond acceptors (Lipinski definition) is 5. The van der Waals surface area contributed by atoms with E-state index in [2.05, 4.69) is 10.6 Å². The molecule has 0 fully saturated rings. The number of furan rings is 1. The average molecular weight is 405 g/mol. The van der Waals surface area contributed by atoms with Crippen molar-refractivity contribution < 1.29 is 18.7 Å². The minimum atomic E-state index is -0.244. The molecule has 1 amide bonds. The smallest absolute Gasteiger partial charge is 0.287 e. The number of fused-ring (bicyclic) bond motifs is 1. The molecule has 150 valence electrons. The molecule has 1 aromatic heterocycles. The summed E-state index contributed by atoms with van der Waals surface area (Å²) in [7, 11) is 1.66. The van der Waals surface area contributed by atoms with Crippen molar-refractivity contribution in [2.75, 3.05) is 33.4 Å². The van der Waals surface area contributed by atoms with Gasteiger partial charge in [0.1, 0.15) is 17.9 Å². The first-order valence-electron chi connectivity index (χ1n) is 8.95. The van der Waals surface area contributed by atoms with Crippen molar-refractivity contribution in [1.29, 1.82) is 0 Å². The van der Waals surface area contributed by atoms with Gasteiger partial charge in [-0.15, -0.1) is 12.4 Å². The molecule has 0 bridgehead atoms. The number of rotatable bonds is 10. The second-order valence-electron chi connectivity index (χ2n) is 6.01. The molecule has 1 heterocycles. The van der Waals surface area contributed by atoms with Crippen molar-refractivity contribution >= 4 is 29.3 Å². The van der Waals surface area contributed by atoms with Gasteiger partial charge in [-0.05, 0) is 18.2 Å². The number of carbonyl (C=O) groups is 1. The molecule has 0 aliphatic carbocycles. The van der Waals surface area contributed by atoms with Crippen LogP contribution in [0.15, 0.2) is 59.0 Å². The van der Waals surface area contributed by atoms with E-state index in [9.17, 15) is 4.79 Å². The highest BCUT2D eigenvalue weighted by atomic mass is 35.5. The summed E-state index contributed by atoms with van der Waals surface area (Å²) in [5.74, 6) is 0.798.